The highest BCUT2D eigenvalue weighted by Crippen LogP contribution is 2.42. The first-order chi connectivity index (χ1) is 9.03. The molecule has 0 aromatic heterocycles. The van der Waals surface area contributed by atoms with Crippen LogP contribution in [-0.2, 0) is 9.53 Å². The fraction of sp³-hybridized carbons (Fsp3) is 0.800. The minimum absolute atomic E-state index is 0.123. The van der Waals surface area contributed by atoms with Crippen molar-refractivity contribution >= 4 is 5.97 Å². The molecule has 0 aromatic carbocycles. The number of esters is 1. The van der Waals surface area contributed by atoms with Crippen LogP contribution in [-0.4, -0.2) is 18.5 Å². The van der Waals surface area contributed by atoms with Gasteiger partial charge in [-0.1, -0.05) is 18.4 Å². The van der Waals surface area contributed by atoms with Crippen molar-refractivity contribution in [1.82, 2.24) is 0 Å². The van der Waals surface area contributed by atoms with Crippen LogP contribution in [0.1, 0.15) is 58.3 Å². The fourth-order valence-electron chi connectivity index (χ4n) is 3.24. The van der Waals surface area contributed by atoms with Gasteiger partial charge in [0.1, 0.15) is 0 Å². The molecule has 0 aliphatic heterocycles. The number of hydrogen-bond donors (Lipinski definition) is 0. The molecule has 2 rings (SSSR count). The van der Waals surface area contributed by atoms with E-state index in [1.807, 2.05) is 0 Å². The number of ether oxygens (including phenoxy) is 1. The van der Waals surface area contributed by atoms with Gasteiger partial charge in [0.2, 0.25) is 5.92 Å². The molecule has 0 atom stereocenters. The highest BCUT2D eigenvalue weighted by atomic mass is 19.3. The summed E-state index contributed by atoms with van der Waals surface area (Å²) < 4.78 is 32.2. The van der Waals surface area contributed by atoms with Crippen LogP contribution in [0.5, 0.6) is 0 Å². The average molecular weight is 272 g/mol. The standard InChI is InChI=1S/C15H22F2O2/c1-2-19-14(18)13-8-10-15(16,17)9-7-12(13)11-5-3-4-6-11/h11H,2-10H2,1H3. The molecule has 0 amide bonds. The maximum Gasteiger partial charge on any atom is 0.333 e. The largest absolute Gasteiger partial charge is 0.463 e. The molecule has 0 aromatic rings. The first kappa shape index (κ1) is 14.5. The SMILES string of the molecule is CCOC(=O)C1=C(C2CCCC2)CCC(F)(F)CC1. The molecule has 1 fully saturated rings. The van der Waals surface area contributed by atoms with Crippen LogP contribution in [0.25, 0.3) is 0 Å². The van der Waals surface area contributed by atoms with Crippen molar-refractivity contribution in [3.05, 3.63) is 11.1 Å². The maximum atomic E-state index is 13.6. The van der Waals surface area contributed by atoms with E-state index < -0.39 is 5.92 Å². The molecule has 2 nitrogen and oxygen atoms in total. The van der Waals surface area contributed by atoms with Gasteiger partial charge in [0, 0.05) is 18.4 Å². The Balaban J connectivity index is 2.23. The second-order valence-corrected chi connectivity index (χ2v) is 5.56. The van der Waals surface area contributed by atoms with E-state index in [0.29, 0.717) is 24.5 Å². The van der Waals surface area contributed by atoms with Gasteiger partial charge in [0.25, 0.3) is 0 Å². The van der Waals surface area contributed by atoms with Crippen molar-refractivity contribution in [3.8, 4) is 0 Å². The number of carbonyl (C=O) groups is 1. The van der Waals surface area contributed by atoms with Gasteiger partial charge in [-0.25, -0.2) is 13.6 Å². The van der Waals surface area contributed by atoms with Gasteiger partial charge in [0.15, 0.2) is 0 Å². The first-order valence-electron chi connectivity index (χ1n) is 7.30. The minimum Gasteiger partial charge on any atom is -0.463 e. The zero-order chi connectivity index (χ0) is 13.9. The number of alkyl halides is 2. The molecule has 0 heterocycles. The van der Waals surface area contributed by atoms with Crippen molar-refractivity contribution in [1.29, 1.82) is 0 Å². The third kappa shape index (κ3) is 3.54. The van der Waals surface area contributed by atoms with E-state index in [4.69, 9.17) is 4.74 Å². The first-order valence-corrected chi connectivity index (χ1v) is 7.30. The Morgan fingerprint density at radius 1 is 1.26 bits per heavy atom. The lowest BCUT2D eigenvalue weighted by Gasteiger charge is -2.17. The molecule has 1 saturated carbocycles. The van der Waals surface area contributed by atoms with Crippen molar-refractivity contribution < 1.29 is 18.3 Å². The van der Waals surface area contributed by atoms with Gasteiger partial charge in [-0.2, -0.15) is 0 Å². The van der Waals surface area contributed by atoms with E-state index in [2.05, 4.69) is 0 Å². The molecule has 0 unspecified atom stereocenters. The second kappa shape index (κ2) is 6.02. The van der Waals surface area contributed by atoms with Crippen LogP contribution in [0.2, 0.25) is 0 Å². The summed E-state index contributed by atoms with van der Waals surface area (Å²) in [5.41, 5.74) is 1.51. The Labute approximate surface area is 113 Å². The minimum atomic E-state index is -2.64. The van der Waals surface area contributed by atoms with Crippen LogP contribution in [0.4, 0.5) is 8.78 Å². The van der Waals surface area contributed by atoms with Gasteiger partial charge in [-0.15, -0.1) is 0 Å². The normalized spacial score (nSPS) is 24.4. The summed E-state index contributed by atoms with van der Waals surface area (Å²) in [7, 11) is 0. The molecule has 0 N–H and O–H groups in total. The van der Waals surface area contributed by atoms with Crippen molar-refractivity contribution in [3.63, 3.8) is 0 Å². The summed E-state index contributed by atoms with van der Waals surface area (Å²) >= 11 is 0. The van der Waals surface area contributed by atoms with Gasteiger partial charge < -0.3 is 4.74 Å². The van der Waals surface area contributed by atoms with Crippen LogP contribution < -0.4 is 0 Å². The number of allylic oxidation sites excluding steroid dienone is 1. The molecule has 2 aliphatic carbocycles. The molecule has 19 heavy (non-hydrogen) atoms. The van der Waals surface area contributed by atoms with Gasteiger partial charge in [0.05, 0.1) is 6.61 Å². The predicted molar refractivity (Wildman–Crippen MR) is 69.0 cm³/mol. The monoisotopic (exact) mass is 272 g/mol. The van der Waals surface area contributed by atoms with E-state index in [1.165, 1.54) is 0 Å². The predicted octanol–water partition coefficient (Wildman–Crippen LogP) is 4.25. The van der Waals surface area contributed by atoms with Gasteiger partial charge >= 0.3 is 5.97 Å². The summed E-state index contributed by atoms with van der Waals surface area (Å²) in [5, 5.41) is 0. The molecule has 4 heteroatoms. The second-order valence-electron chi connectivity index (χ2n) is 5.56. The Hall–Kier alpha value is -0.930. The van der Waals surface area contributed by atoms with E-state index in [9.17, 15) is 13.6 Å². The van der Waals surface area contributed by atoms with Crippen molar-refractivity contribution in [2.24, 2.45) is 5.92 Å². The van der Waals surface area contributed by atoms with E-state index in [0.717, 1.165) is 31.3 Å². The van der Waals surface area contributed by atoms with Crippen LogP contribution in [0, 0.1) is 5.92 Å². The summed E-state index contributed by atoms with van der Waals surface area (Å²) in [6, 6.07) is 0. The molecule has 0 saturated heterocycles. The van der Waals surface area contributed by atoms with Crippen LogP contribution >= 0.6 is 0 Å². The maximum absolute atomic E-state index is 13.6. The third-order valence-electron chi connectivity index (χ3n) is 4.26. The quantitative estimate of drug-likeness (QED) is 0.718. The topological polar surface area (TPSA) is 26.3 Å². The van der Waals surface area contributed by atoms with Crippen molar-refractivity contribution in [2.75, 3.05) is 6.61 Å². The fourth-order valence-corrected chi connectivity index (χ4v) is 3.24. The molecular weight excluding hydrogens is 250 g/mol. The number of rotatable bonds is 3. The molecule has 2 aliphatic rings. The number of halogens is 2. The van der Waals surface area contributed by atoms with Crippen LogP contribution in [0.15, 0.2) is 11.1 Å². The Bertz CT molecular complexity index is 368. The molecular formula is C15H22F2O2. The van der Waals surface area contributed by atoms with E-state index in [-0.39, 0.29) is 25.2 Å². The van der Waals surface area contributed by atoms with Gasteiger partial charge in [-0.05, 0) is 38.5 Å². The zero-order valence-electron chi connectivity index (χ0n) is 11.5. The highest BCUT2D eigenvalue weighted by Gasteiger charge is 2.36. The Morgan fingerprint density at radius 3 is 2.53 bits per heavy atom. The van der Waals surface area contributed by atoms with E-state index >= 15 is 0 Å². The lowest BCUT2D eigenvalue weighted by molar-refractivity contribution is -0.138. The molecule has 108 valence electrons. The molecule has 0 spiro atoms. The Morgan fingerprint density at radius 2 is 1.89 bits per heavy atom. The van der Waals surface area contributed by atoms with Crippen molar-refractivity contribution in [2.45, 2.75) is 64.2 Å². The summed E-state index contributed by atoms with van der Waals surface area (Å²) in [4.78, 5) is 12.0. The van der Waals surface area contributed by atoms with Crippen LogP contribution in [0.3, 0.4) is 0 Å². The van der Waals surface area contributed by atoms with Gasteiger partial charge in [-0.3, -0.25) is 0 Å². The lowest BCUT2D eigenvalue weighted by Crippen LogP contribution is -2.15. The molecule has 0 radical (unpaired) electrons. The highest BCUT2D eigenvalue weighted by molar-refractivity contribution is 5.89. The van der Waals surface area contributed by atoms with E-state index in [1.54, 1.807) is 6.92 Å². The third-order valence-corrected chi connectivity index (χ3v) is 4.26. The summed E-state index contributed by atoms with van der Waals surface area (Å²) in [6.07, 6.45) is 4.51. The summed E-state index contributed by atoms with van der Waals surface area (Å²) in [5.74, 6) is -2.69. The zero-order valence-corrected chi connectivity index (χ0v) is 11.5. The Kier molecular flexibility index (Phi) is 4.58. The number of carbonyl (C=O) groups excluding carboxylic acids is 1. The molecule has 0 bridgehead atoms. The smallest absolute Gasteiger partial charge is 0.333 e. The lowest BCUT2D eigenvalue weighted by atomic mass is 9.89. The average Bonchev–Trinajstić information content (AvgIpc) is 2.81. The summed E-state index contributed by atoms with van der Waals surface area (Å²) in [6.45, 7) is 2.05. The number of hydrogen-bond acceptors (Lipinski definition) is 2.